The molecule has 212 valence electrons. The number of aliphatic imine (C=N–C) groups is 1. The van der Waals surface area contributed by atoms with Crippen LogP contribution < -0.4 is 10.6 Å². The molecule has 3 aromatic rings. The van der Waals surface area contributed by atoms with Gasteiger partial charge in [0.25, 0.3) is 6.34 Å². The number of carbonyl (C=O) groups excluding carboxylic acids is 1. The van der Waals surface area contributed by atoms with Gasteiger partial charge in [-0.15, -0.1) is 0 Å². The van der Waals surface area contributed by atoms with Gasteiger partial charge < -0.3 is 25.1 Å². The summed E-state index contributed by atoms with van der Waals surface area (Å²) in [6, 6.07) is 9.78. The first-order valence-electron chi connectivity index (χ1n) is 13.4. The number of nitrogens with one attached hydrogen (secondary N) is 3. The van der Waals surface area contributed by atoms with Crippen LogP contribution in [0.5, 0.6) is 0 Å². The average molecular weight is 561 g/mol. The van der Waals surface area contributed by atoms with Crippen LogP contribution in [0.15, 0.2) is 41.5 Å². The molecule has 3 N–H and O–H groups in total. The zero-order chi connectivity index (χ0) is 28.7. The summed E-state index contributed by atoms with van der Waals surface area (Å²) in [5.74, 6) is 0.257. The van der Waals surface area contributed by atoms with Crippen molar-refractivity contribution in [3.8, 4) is 28.7 Å². The number of H-pyrrole nitrogens is 1. The standard InChI is InChI=1S/C28H30FN9O3/c1-28(26(39)32-10-2-9-30)16-40-25(41-17-28)24-36-22(19-4-6-20(29)7-5-19)23(37-24)21-8-12-34-27(35-21)33-11-3-14-38-15-13-31-18-38/h4-8,12-13,18,25H,2-3,10-11,14-17H2,1H3,(H2-,32,33,34,35,36,37,39)/p+1. The second-order valence-corrected chi connectivity index (χ2v) is 10.0. The second-order valence-electron chi connectivity index (χ2n) is 10.0. The number of hydrogen-bond donors (Lipinski definition) is 3. The van der Waals surface area contributed by atoms with Gasteiger partial charge in [-0.3, -0.25) is 9.37 Å². The number of anilines is 1. The summed E-state index contributed by atoms with van der Waals surface area (Å²) in [4.78, 5) is 33.8. The number of aromatic nitrogens is 4. The molecular weight excluding hydrogens is 529 g/mol. The van der Waals surface area contributed by atoms with E-state index in [0.29, 0.717) is 41.0 Å². The molecule has 1 saturated heterocycles. The Morgan fingerprint density at radius 2 is 2.02 bits per heavy atom. The van der Waals surface area contributed by atoms with Gasteiger partial charge in [-0.1, -0.05) is 4.99 Å². The zero-order valence-corrected chi connectivity index (χ0v) is 22.6. The Bertz CT molecular complexity index is 1470. The molecule has 0 atom stereocenters. The maximum Gasteiger partial charge on any atom is 0.281 e. The minimum atomic E-state index is -0.909. The maximum atomic E-state index is 13.7. The van der Waals surface area contributed by atoms with Gasteiger partial charge in [0.05, 0.1) is 54.7 Å². The van der Waals surface area contributed by atoms with Crippen LogP contribution in [0.25, 0.3) is 22.6 Å². The highest BCUT2D eigenvalue weighted by atomic mass is 19.1. The largest absolute Gasteiger partial charge is 0.354 e. The molecular formula is C28H31FN9O3+. The number of rotatable bonds is 11. The number of aromatic amines is 1. The first-order chi connectivity index (χ1) is 19.9. The Kier molecular flexibility index (Phi) is 8.71. The van der Waals surface area contributed by atoms with Crippen molar-refractivity contribution in [3.05, 3.63) is 48.2 Å². The Morgan fingerprint density at radius 1 is 1.22 bits per heavy atom. The highest BCUT2D eigenvalue weighted by Gasteiger charge is 2.40. The highest BCUT2D eigenvalue weighted by molar-refractivity contribution is 5.82. The molecule has 0 saturated carbocycles. The molecule has 5 rings (SSSR count). The number of amides is 1. The van der Waals surface area contributed by atoms with Crippen LogP contribution in [0.4, 0.5) is 10.3 Å². The number of benzene rings is 1. The van der Waals surface area contributed by atoms with E-state index >= 15 is 0 Å². The van der Waals surface area contributed by atoms with Crippen LogP contribution in [-0.2, 0) is 14.3 Å². The van der Waals surface area contributed by atoms with Crippen molar-refractivity contribution in [2.24, 2.45) is 10.4 Å². The lowest BCUT2D eigenvalue weighted by molar-refractivity contribution is -0.504. The first-order valence-corrected chi connectivity index (χ1v) is 13.4. The van der Waals surface area contributed by atoms with Gasteiger partial charge in [0.1, 0.15) is 12.4 Å². The zero-order valence-electron chi connectivity index (χ0n) is 22.6. The normalized spacial score (nSPS) is 19.9. The van der Waals surface area contributed by atoms with Gasteiger partial charge in [0, 0.05) is 31.3 Å². The predicted molar refractivity (Wildman–Crippen MR) is 149 cm³/mol. The lowest BCUT2D eigenvalue weighted by atomic mass is 9.91. The van der Waals surface area contributed by atoms with Crippen LogP contribution in [0.3, 0.4) is 0 Å². The smallest absolute Gasteiger partial charge is 0.281 e. The molecule has 2 aliphatic rings. The van der Waals surface area contributed by atoms with Crippen LogP contribution in [0.2, 0.25) is 0 Å². The van der Waals surface area contributed by atoms with E-state index in [4.69, 9.17) is 19.7 Å². The molecule has 0 radical (unpaired) electrons. The topological polar surface area (TPSA) is 153 Å². The number of nitrogens with zero attached hydrogens (tertiary/aromatic N) is 6. The minimum absolute atomic E-state index is 0.0981. The van der Waals surface area contributed by atoms with Crippen LogP contribution in [0.1, 0.15) is 31.9 Å². The number of ether oxygens (including phenoxy) is 2. The summed E-state index contributed by atoms with van der Waals surface area (Å²) in [6.07, 6.45) is 5.61. The monoisotopic (exact) mass is 560 g/mol. The maximum absolute atomic E-state index is 13.7. The van der Waals surface area contributed by atoms with E-state index in [-0.39, 0.29) is 37.9 Å². The molecule has 1 amide bonds. The van der Waals surface area contributed by atoms with E-state index in [1.54, 1.807) is 31.3 Å². The molecule has 13 heteroatoms. The third kappa shape index (κ3) is 6.79. The van der Waals surface area contributed by atoms with Crippen molar-refractivity contribution in [1.29, 1.82) is 5.26 Å². The van der Waals surface area contributed by atoms with E-state index in [1.165, 1.54) is 12.1 Å². The van der Waals surface area contributed by atoms with Crippen molar-refractivity contribution in [1.82, 2.24) is 25.3 Å². The van der Waals surface area contributed by atoms with E-state index in [9.17, 15) is 9.18 Å². The van der Waals surface area contributed by atoms with Crippen molar-refractivity contribution in [2.45, 2.75) is 26.1 Å². The number of imidazole rings is 1. The molecule has 2 aromatic heterocycles. The lowest BCUT2D eigenvalue weighted by Gasteiger charge is -2.35. The van der Waals surface area contributed by atoms with Crippen molar-refractivity contribution >= 4 is 24.4 Å². The Hall–Kier alpha value is -4.54. The molecule has 12 nitrogen and oxygen atoms in total. The van der Waals surface area contributed by atoms with E-state index in [0.717, 1.165) is 19.5 Å². The van der Waals surface area contributed by atoms with Gasteiger partial charge in [0.15, 0.2) is 12.0 Å². The quantitative estimate of drug-likeness (QED) is 0.239. The molecule has 0 spiro atoms. The van der Waals surface area contributed by atoms with Crippen molar-refractivity contribution < 1.29 is 23.2 Å². The number of hydrogen-bond acceptors (Lipinski definition) is 9. The van der Waals surface area contributed by atoms with Gasteiger partial charge in [-0.05, 0) is 37.3 Å². The fourth-order valence-corrected chi connectivity index (χ4v) is 4.40. The Labute approximate surface area is 236 Å². The molecule has 0 bridgehead atoms. The fraction of sp³-hybridized carbons (Fsp3) is 0.393. The van der Waals surface area contributed by atoms with Gasteiger partial charge >= 0.3 is 0 Å². The fourth-order valence-electron chi connectivity index (χ4n) is 4.40. The van der Waals surface area contributed by atoms with E-state index < -0.39 is 11.7 Å². The Balaban J connectivity index is 1.33. The molecule has 41 heavy (non-hydrogen) atoms. The highest BCUT2D eigenvalue weighted by Crippen LogP contribution is 2.35. The average Bonchev–Trinajstić information content (AvgIpc) is 3.67. The van der Waals surface area contributed by atoms with E-state index in [2.05, 4.69) is 35.2 Å². The van der Waals surface area contributed by atoms with Gasteiger partial charge in [0.2, 0.25) is 18.1 Å². The second kappa shape index (κ2) is 12.8. The number of halogens is 1. The molecule has 1 aromatic carbocycles. The first kappa shape index (κ1) is 28.0. The van der Waals surface area contributed by atoms with Crippen molar-refractivity contribution in [3.63, 3.8) is 0 Å². The molecule has 1 fully saturated rings. The molecule has 2 aliphatic heterocycles. The Morgan fingerprint density at radius 3 is 2.76 bits per heavy atom. The molecule has 0 unspecified atom stereocenters. The van der Waals surface area contributed by atoms with Crippen LogP contribution >= 0.6 is 0 Å². The van der Waals surface area contributed by atoms with Gasteiger partial charge in [-0.25, -0.2) is 19.3 Å². The third-order valence-corrected chi connectivity index (χ3v) is 6.71. The SMILES string of the molecule is CC1(C(=O)NCCC#N)COC(c2nc(-c3ccc(F)cc3)c(-c3ccnc(NCCC[N+]4=CN=CC4)n3)[nH]2)OC1. The van der Waals surface area contributed by atoms with Crippen molar-refractivity contribution in [2.75, 3.05) is 44.7 Å². The minimum Gasteiger partial charge on any atom is -0.354 e. The predicted octanol–water partition coefficient (Wildman–Crippen LogP) is 2.68. The molecule has 4 heterocycles. The summed E-state index contributed by atoms with van der Waals surface area (Å²) in [5.41, 5.74) is 1.49. The summed E-state index contributed by atoms with van der Waals surface area (Å²) < 4.78 is 27.7. The summed E-state index contributed by atoms with van der Waals surface area (Å²) >= 11 is 0. The van der Waals surface area contributed by atoms with Crippen LogP contribution in [0, 0.1) is 22.6 Å². The summed E-state index contributed by atoms with van der Waals surface area (Å²) in [5, 5.41) is 14.7. The number of carbonyl (C=O) groups is 1. The lowest BCUT2D eigenvalue weighted by Crippen LogP contribution is -2.48. The van der Waals surface area contributed by atoms with E-state index in [1.807, 2.05) is 18.6 Å². The summed E-state index contributed by atoms with van der Waals surface area (Å²) in [7, 11) is 0. The third-order valence-electron chi connectivity index (χ3n) is 6.71. The number of nitriles is 1. The van der Waals surface area contributed by atoms with Crippen LogP contribution in [-0.4, -0.2) is 82.4 Å². The summed E-state index contributed by atoms with van der Waals surface area (Å²) in [6.45, 7) is 4.58. The van der Waals surface area contributed by atoms with Gasteiger partial charge in [-0.2, -0.15) is 5.26 Å². The molecule has 0 aliphatic carbocycles.